The van der Waals surface area contributed by atoms with Gasteiger partial charge in [-0.25, -0.2) is 0 Å². The van der Waals surface area contributed by atoms with Crippen molar-refractivity contribution in [2.45, 2.75) is 230 Å². The van der Waals surface area contributed by atoms with Crippen molar-refractivity contribution in [3.05, 3.63) is 23.3 Å². The van der Waals surface area contributed by atoms with Crippen LogP contribution in [0, 0.1) is 0 Å². The number of ether oxygens (including phenoxy) is 6. The molecule has 322 valence electrons. The van der Waals surface area contributed by atoms with Crippen molar-refractivity contribution >= 4 is 11.4 Å². The molecule has 9 heteroatoms. The quantitative estimate of drug-likeness (QED) is 0.206. The Bertz CT molecular complexity index is 1540. The number of benzene rings is 2. The van der Waals surface area contributed by atoms with E-state index in [-0.39, 0.29) is 6.42 Å². The van der Waals surface area contributed by atoms with Crippen LogP contribution in [0.5, 0.6) is 34.5 Å². The third kappa shape index (κ3) is 14.9. The minimum absolute atomic E-state index is 0.223. The van der Waals surface area contributed by atoms with Crippen LogP contribution < -0.4 is 39.1 Å². The highest BCUT2D eigenvalue weighted by atomic mass is 16.6. The fourth-order valence-electron chi connectivity index (χ4n) is 5.81. The van der Waals surface area contributed by atoms with E-state index in [0.717, 1.165) is 0 Å². The van der Waals surface area contributed by atoms with Crippen LogP contribution in [0.3, 0.4) is 0 Å². The Hall–Kier alpha value is -3.20. The molecular formula is C47H82N2O7. The number of hydrogen-bond acceptors (Lipinski definition) is 9. The number of aliphatic hydroxyl groups is 1. The molecule has 0 aliphatic carbocycles. The average Bonchev–Trinajstić information content (AvgIpc) is 2.89. The van der Waals surface area contributed by atoms with Crippen molar-refractivity contribution in [3.63, 3.8) is 0 Å². The summed E-state index contributed by atoms with van der Waals surface area (Å²) < 4.78 is 41.2. The van der Waals surface area contributed by atoms with Gasteiger partial charge in [-0.1, -0.05) is 6.92 Å². The number of nitrogens with one attached hydrogen (secondary N) is 2. The maximum absolute atomic E-state index is 13.8. The summed E-state index contributed by atoms with van der Waals surface area (Å²) >= 11 is 0. The Morgan fingerprint density at radius 3 is 1.12 bits per heavy atom. The Labute approximate surface area is 342 Å². The predicted octanol–water partition coefficient (Wildman–Crippen LogP) is 12.8. The fourth-order valence-corrected chi connectivity index (χ4v) is 5.81. The van der Waals surface area contributed by atoms with E-state index in [1.54, 1.807) is 0 Å². The summed E-state index contributed by atoms with van der Waals surface area (Å²) in [5, 5.41) is 21.3. The maximum atomic E-state index is 13.8. The summed E-state index contributed by atoms with van der Waals surface area (Å²) in [6.07, 6.45) is 0.223. The van der Waals surface area contributed by atoms with Crippen molar-refractivity contribution in [2.24, 2.45) is 0 Å². The SMILES string of the molecule is CCC(O)(c1cc(OC(C)(C)C)c(OC(C)(C)C)c(NC(C)(C)C)c1OC(C)(C)C)c1cc(NC(C)(C)C)c(OC(C)(C)C)c(OC(C)(C)C)c1OC(C)(C)C. The lowest BCUT2D eigenvalue weighted by Gasteiger charge is -2.40. The molecule has 0 fully saturated rings. The zero-order valence-electron chi connectivity index (χ0n) is 40.3. The van der Waals surface area contributed by atoms with Gasteiger partial charge < -0.3 is 44.2 Å². The van der Waals surface area contributed by atoms with Gasteiger partial charge in [-0.3, -0.25) is 0 Å². The molecule has 0 heterocycles. The van der Waals surface area contributed by atoms with E-state index in [1.165, 1.54) is 0 Å². The third-order valence-electron chi connectivity index (χ3n) is 7.26. The molecule has 0 radical (unpaired) electrons. The Morgan fingerprint density at radius 2 is 0.750 bits per heavy atom. The molecule has 2 aromatic carbocycles. The fraction of sp³-hybridized carbons (Fsp3) is 0.745. The largest absolute Gasteiger partial charge is 0.485 e. The van der Waals surface area contributed by atoms with E-state index in [2.05, 4.69) is 52.2 Å². The molecule has 2 aromatic rings. The second kappa shape index (κ2) is 15.9. The molecule has 0 bridgehead atoms. The van der Waals surface area contributed by atoms with Crippen LogP contribution >= 0.6 is 0 Å². The van der Waals surface area contributed by atoms with Crippen LogP contribution in [0.15, 0.2) is 12.1 Å². The van der Waals surface area contributed by atoms with E-state index >= 15 is 0 Å². The molecule has 3 N–H and O–H groups in total. The molecule has 0 aliphatic rings. The smallest absolute Gasteiger partial charge is 0.206 e. The van der Waals surface area contributed by atoms with Crippen molar-refractivity contribution in [2.75, 3.05) is 10.6 Å². The summed E-state index contributed by atoms with van der Waals surface area (Å²) in [5.74, 6) is 2.66. The maximum Gasteiger partial charge on any atom is 0.206 e. The lowest BCUT2D eigenvalue weighted by molar-refractivity contribution is 0.0465. The number of rotatable bonds is 11. The molecule has 0 aliphatic heterocycles. The average molecular weight is 787 g/mol. The lowest BCUT2D eigenvalue weighted by atomic mass is 9.81. The van der Waals surface area contributed by atoms with Crippen LogP contribution in [-0.4, -0.2) is 49.8 Å². The summed E-state index contributed by atoms with van der Waals surface area (Å²) in [6.45, 7) is 50.5. The van der Waals surface area contributed by atoms with Gasteiger partial charge in [-0.2, -0.15) is 0 Å². The van der Waals surface area contributed by atoms with Crippen LogP contribution in [0.2, 0.25) is 0 Å². The molecule has 2 rings (SSSR count). The highest BCUT2D eigenvalue weighted by Crippen LogP contribution is 2.58. The molecular weight excluding hydrogens is 705 g/mol. The van der Waals surface area contributed by atoms with E-state index in [1.807, 2.05) is 144 Å². The minimum atomic E-state index is -1.75. The molecule has 1 atom stereocenters. The summed E-state index contributed by atoms with van der Waals surface area (Å²) in [7, 11) is 0. The molecule has 0 aromatic heterocycles. The van der Waals surface area contributed by atoms with Crippen LogP contribution in [0.4, 0.5) is 11.4 Å². The first-order valence-electron chi connectivity index (χ1n) is 20.4. The van der Waals surface area contributed by atoms with E-state index in [9.17, 15) is 5.11 Å². The normalized spacial score (nSPS) is 14.8. The zero-order valence-corrected chi connectivity index (χ0v) is 40.3. The van der Waals surface area contributed by atoms with Gasteiger partial charge in [0.05, 0.1) is 5.69 Å². The molecule has 56 heavy (non-hydrogen) atoms. The predicted molar refractivity (Wildman–Crippen MR) is 235 cm³/mol. The second-order valence-corrected chi connectivity index (χ2v) is 23.2. The highest BCUT2D eigenvalue weighted by molar-refractivity contribution is 5.79. The van der Waals surface area contributed by atoms with Gasteiger partial charge >= 0.3 is 0 Å². The first kappa shape index (κ1) is 48.9. The molecule has 0 amide bonds. The summed E-state index contributed by atoms with van der Waals surface area (Å²) in [6, 6.07) is 3.83. The molecule has 0 saturated heterocycles. The Balaban J connectivity index is 3.59. The Kier molecular flexibility index (Phi) is 13.9. The second-order valence-electron chi connectivity index (χ2n) is 23.2. The van der Waals surface area contributed by atoms with Gasteiger partial charge in [0, 0.05) is 22.2 Å². The van der Waals surface area contributed by atoms with Gasteiger partial charge in [0.1, 0.15) is 44.9 Å². The van der Waals surface area contributed by atoms with Gasteiger partial charge in [0.2, 0.25) is 5.75 Å². The first-order valence-corrected chi connectivity index (χ1v) is 20.4. The van der Waals surface area contributed by atoms with Crippen molar-refractivity contribution in [1.29, 1.82) is 0 Å². The highest BCUT2D eigenvalue weighted by Gasteiger charge is 2.45. The summed E-state index contributed by atoms with van der Waals surface area (Å²) in [5.41, 5.74) is -4.28. The number of anilines is 2. The molecule has 0 spiro atoms. The van der Waals surface area contributed by atoms with E-state index in [4.69, 9.17) is 28.4 Å². The lowest BCUT2D eigenvalue weighted by Crippen LogP contribution is -2.36. The van der Waals surface area contributed by atoms with Crippen molar-refractivity contribution in [3.8, 4) is 34.5 Å². The van der Waals surface area contributed by atoms with Crippen molar-refractivity contribution < 1.29 is 33.5 Å². The molecule has 0 saturated carbocycles. The van der Waals surface area contributed by atoms with Gasteiger partial charge in [0.15, 0.2) is 28.7 Å². The first-order chi connectivity index (χ1) is 24.5. The van der Waals surface area contributed by atoms with Gasteiger partial charge in [0.25, 0.3) is 0 Å². The van der Waals surface area contributed by atoms with Gasteiger partial charge in [-0.05, 0) is 185 Å². The molecule has 1 unspecified atom stereocenters. The van der Waals surface area contributed by atoms with Crippen LogP contribution in [-0.2, 0) is 5.60 Å². The standard InChI is InChI=1S/C47H82N2O7/c1-26-47(50,29-27-31(48-39(2,3)4)36(54-44(17,18)19)38(56-46(23,24)25)35(29)53-43(14,15)16)30-28-32(51-41(8,9)10)37(55-45(20,21)22)33(49-40(5,6)7)34(30)52-42(11,12)13/h27-28,48-50H,26H2,1-25H3. The topological polar surface area (TPSA) is 99.7 Å². The Morgan fingerprint density at radius 1 is 0.411 bits per heavy atom. The minimum Gasteiger partial charge on any atom is -0.485 e. The van der Waals surface area contributed by atoms with Crippen molar-refractivity contribution in [1.82, 2.24) is 0 Å². The zero-order chi connectivity index (χ0) is 44.1. The van der Waals surface area contributed by atoms with E-state index < -0.39 is 50.3 Å². The van der Waals surface area contributed by atoms with Crippen LogP contribution in [0.1, 0.15) is 191 Å². The van der Waals surface area contributed by atoms with Gasteiger partial charge in [-0.15, -0.1) is 0 Å². The monoisotopic (exact) mass is 787 g/mol. The van der Waals surface area contributed by atoms with Crippen LogP contribution in [0.25, 0.3) is 0 Å². The summed E-state index contributed by atoms with van der Waals surface area (Å²) in [4.78, 5) is 0. The van der Waals surface area contributed by atoms with E-state index in [0.29, 0.717) is 57.0 Å². The molecule has 9 nitrogen and oxygen atoms in total. The third-order valence-corrected chi connectivity index (χ3v) is 7.26. The number of hydrogen-bond donors (Lipinski definition) is 3.